The molecule has 1 saturated carbocycles. The van der Waals surface area contributed by atoms with Crippen LogP contribution >= 0.6 is 0 Å². The Balaban J connectivity index is 0.00000133. The molecule has 2 atom stereocenters. The highest BCUT2D eigenvalue weighted by Crippen LogP contribution is 2.37. The fourth-order valence-electron chi connectivity index (χ4n) is 4.76. The van der Waals surface area contributed by atoms with Crippen molar-refractivity contribution in [2.75, 3.05) is 16.4 Å². The molecular weight excluding hydrogens is 567 g/mol. The number of aliphatic imine (C=N–C) groups is 1. The second-order valence-corrected chi connectivity index (χ2v) is 10.1. The van der Waals surface area contributed by atoms with Gasteiger partial charge in [0.1, 0.15) is 32.9 Å². The van der Waals surface area contributed by atoms with Crippen molar-refractivity contribution in [2.45, 2.75) is 64.4 Å². The maximum absolute atomic E-state index is 13.6. The number of hydrogen-bond acceptors (Lipinski definition) is 7. The first-order chi connectivity index (χ1) is 21.6. The van der Waals surface area contributed by atoms with Crippen molar-refractivity contribution in [3.05, 3.63) is 100 Å². The molecule has 1 aliphatic rings. The van der Waals surface area contributed by atoms with Gasteiger partial charge in [0.25, 0.3) is 5.56 Å². The molecule has 2 unspecified atom stereocenters. The van der Waals surface area contributed by atoms with E-state index in [4.69, 9.17) is 26.4 Å². The van der Waals surface area contributed by atoms with Crippen molar-refractivity contribution in [3.8, 4) is 11.3 Å². The molecule has 2 heterocycles. The van der Waals surface area contributed by atoms with Crippen LogP contribution in [0.15, 0.2) is 82.6 Å². The smallest absolute Gasteiger partial charge is 0.267 e. The van der Waals surface area contributed by atoms with E-state index in [1.165, 1.54) is 17.7 Å². The molecule has 2 aromatic carbocycles. The summed E-state index contributed by atoms with van der Waals surface area (Å²) >= 11 is 0. The molecule has 0 bridgehead atoms. The molecule has 9 nitrogen and oxygen atoms in total. The predicted molar refractivity (Wildman–Crippen MR) is 183 cm³/mol. The molecule has 2 aromatic heterocycles. The number of anilines is 3. The summed E-state index contributed by atoms with van der Waals surface area (Å²) in [4.78, 5) is 26.7. The number of halogens is 1. The van der Waals surface area contributed by atoms with Crippen molar-refractivity contribution in [3.63, 3.8) is 0 Å². The molecule has 0 spiro atoms. The summed E-state index contributed by atoms with van der Waals surface area (Å²) in [5.74, 6) is -0.328. The Labute approximate surface area is 267 Å². The monoisotopic (exact) mass is 607 g/mol. The lowest BCUT2D eigenvalue weighted by molar-refractivity contribution is 0.110. The number of hydrogen-bond donors (Lipinski definition) is 4. The SMILES string of the molecule is CC.CC.[B]C1(O)CCCC1([B])Nc1nc(N)c(C(=NCc2ccc(-c3cccc(F)n3)cc2)Nc2ccccc2)c(=O)n1C. The van der Waals surface area contributed by atoms with E-state index in [2.05, 4.69) is 20.6 Å². The Bertz CT molecular complexity index is 1650. The average Bonchev–Trinajstić information content (AvgIpc) is 3.31. The zero-order valence-electron chi connectivity index (χ0n) is 26.5. The van der Waals surface area contributed by atoms with Crippen LogP contribution in [-0.2, 0) is 13.6 Å². The first-order valence-corrected chi connectivity index (χ1v) is 15.1. The third-order valence-corrected chi connectivity index (χ3v) is 7.21. The molecule has 12 heteroatoms. The van der Waals surface area contributed by atoms with Gasteiger partial charge in [-0.05, 0) is 49.1 Å². The Kier molecular flexibility index (Phi) is 12.1. The van der Waals surface area contributed by atoms with Crippen LogP contribution in [0.1, 0.15) is 58.1 Å². The van der Waals surface area contributed by atoms with Gasteiger partial charge in [0.15, 0.2) is 0 Å². The zero-order valence-corrected chi connectivity index (χ0v) is 26.5. The third-order valence-electron chi connectivity index (χ3n) is 7.21. The number of nitrogen functional groups attached to an aromatic ring is 1. The van der Waals surface area contributed by atoms with Crippen LogP contribution in [0.3, 0.4) is 0 Å². The van der Waals surface area contributed by atoms with Crippen LogP contribution in [0.2, 0.25) is 0 Å². The Hall–Kier alpha value is -4.44. The molecule has 0 amide bonds. The van der Waals surface area contributed by atoms with E-state index in [-0.39, 0.29) is 29.7 Å². The summed E-state index contributed by atoms with van der Waals surface area (Å²) < 4.78 is 14.8. The summed E-state index contributed by atoms with van der Waals surface area (Å²) in [6.45, 7) is 8.21. The topological polar surface area (TPSA) is 130 Å². The van der Waals surface area contributed by atoms with Crippen molar-refractivity contribution < 1.29 is 9.50 Å². The van der Waals surface area contributed by atoms with Gasteiger partial charge in [-0.2, -0.15) is 9.37 Å². The first kappa shape index (κ1) is 35.0. The Morgan fingerprint density at radius 1 is 1.00 bits per heavy atom. The number of rotatable bonds is 7. The summed E-state index contributed by atoms with van der Waals surface area (Å²) in [6, 6.07) is 21.2. The Morgan fingerprint density at radius 3 is 2.27 bits per heavy atom. The largest absolute Gasteiger partial charge is 0.398 e. The first-order valence-electron chi connectivity index (χ1n) is 15.1. The van der Waals surface area contributed by atoms with E-state index in [1.807, 2.05) is 82.3 Å². The lowest BCUT2D eigenvalue weighted by Crippen LogP contribution is -2.57. The normalized spacial score (nSPS) is 19.0. The van der Waals surface area contributed by atoms with Crippen LogP contribution in [0.4, 0.5) is 21.8 Å². The van der Waals surface area contributed by atoms with Gasteiger partial charge in [-0.15, -0.1) is 0 Å². The molecular formula is C33H40B2FN7O2. The second-order valence-electron chi connectivity index (χ2n) is 10.1. The fourth-order valence-corrected chi connectivity index (χ4v) is 4.76. The highest BCUT2D eigenvalue weighted by molar-refractivity contribution is 6.27. The summed E-state index contributed by atoms with van der Waals surface area (Å²) in [7, 11) is 13.9. The molecule has 1 fully saturated rings. The van der Waals surface area contributed by atoms with Crippen LogP contribution < -0.4 is 21.9 Å². The number of aromatic nitrogens is 3. The van der Waals surface area contributed by atoms with Crippen LogP contribution in [-0.4, -0.2) is 52.1 Å². The molecule has 5 rings (SSSR count). The minimum absolute atomic E-state index is 0.0722. The van der Waals surface area contributed by atoms with Crippen LogP contribution in [0, 0.1) is 5.95 Å². The maximum atomic E-state index is 13.6. The van der Waals surface area contributed by atoms with E-state index >= 15 is 0 Å². The van der Waals surface area contributed by atoms with Crippen LogP contribution in [0.5, 0.6) is 0 Å². The minimum atomic E-state index is -1.68. The number of aliphatic hydroxyl groups is 1. The predicted octanol–water partition coefficient (Wildman–Crippen LogP) is 4.99. The molecule has 4 radical (unpaired) electrons. The van der Waals surface area contributed by atoms with Gasteiger partial charge in [-0.3, -0.25) is 14.4 Å². The molecule has 0 aliphatic heterocycles. The number of nitrogens with one attached hydrogen (secondary N) is 2. The van der Waals surface area contributed by atoms with Gasteiger partial charge in [0.2, 0.25) is 11.9 Å². The third kappa shape index (κ3) is 8.19. The Morgan fingerprint density at radius 2 is 1.67 bits per heavy atom. The lowest BCUT2D eigenvalue weighted by atomic mass is 9.58. The second kappa shape index (κ2) is 15.5. The summed E-state index contributed by atoms with van der Waals surface area (Å²) in [6.07, 6.45) is 1.29. The molecule has 232 valence electrons. The van der Waals surface area contributed by atoms with Crippen molar-refractivity contribution >= 4 is 39.0 Å². The van der Waals surface area contributed by atoms with E-state index < -0.39 is 22.4 Å². The zero-order chi connectivity index (χ0) is 33.2. The lowest BCUT2D eigenvalue weighted by Gasteiger charge is -2.39. The van der Waals surface area contributed by atoms with Crippen molar-refractivity contribution in [1.82, 2.24) is 14.5 Å². The number of nitrogens with two attached hydrogens (primary N) is 1. The average molecular weight is 607 g/mol. The van der Waals surface area contributed by atoms with E-state index in [0.29, 0.717) is 30.6 Å². The van der Waals surface area contributed by atoms with E-state index in [1.54, 1.807) is 12.1 Å². The van der Waals surface area contributed by atoms with Gasteiger partial charge in [0.05, 0.1) is 12.2 Å². The van der Waals surface area contributed by atoms with Gasteiger partial charge in [-0.1, -0.05) is 76.2 Å². The number of pyridine rings is 1. The van der Waals surface area contributed by atoms with Gasteiger partial charge >= 0.3 is 0 Å². The van der Waals surface area contributed by atoms with Gasteiger partial charge < -0.3 is 21.5 Å². The molecule has 0 saturated heterocycles. The molecule has 45 heavy (non-hydrogen) atoms. The van der Waals surface area contributed by atoms with Crippen molar-refractivity contribution in [2.24, 2.45) is 12.0 Å². The quantitative estimate of drug-likeness (QED) is 0.101. The minimum Gasteiger partial charge on any atom is -0.398 e. The summed E-state index contributed by atoms with van der Waals surface area (Å²) in [5, 5.41) is 16.7. The standard InChI is InChI=1S/C29H28B2FN7O2.2C2H6/c1-39-26(40)23(24(33)37-27(39)38-28(30)15-6-16-29(28,31)41)25(35-20-7-3-2-4-8-20)34-17-18-11-13-19(14-12-18)21-9-5-10-22(32)36-21;2*1-2/h2-5,7-14,41H,6,15-17,33H2,1H3,(H,34,35)(H,37,38);2*1-2H3. The maximum Gasteiger partial charge on any atom is 0.267 e. The number of nitrogens with zero attached hydrogens (tertiary/aromatic N) is 4. The van der Waals surface area contributed by atoms with Gasteiger partial charge in [0, 0.05) is 29.2 Å². The van der Waals surface area contributed by atoms with Gasteiger partial charge in [-0.25, -0.2) is 4.98 Å². The molecule has 4 aromatic rings. The highest BCUT2D eigenvalue weighted by Gasteiger charge is 2.46. The molecule has 5 N–H and O–H groups in total. The number of para-hydroxylation sites is 1. The summed E-state index contributed by atoms with van der Waals surface area (Å²) in [5.41, 5.74) is 5.69. The van der Waals surface area contributed by atoms with E-state index in [0.717, 1.165) is 11.1 Å². The fraction of sp³-hybridized carbons (Fsp3) is 0.333. The van der Waals surface area contributed by atoms with Crippen molar-refractivity contribution in [1.29, 1.82) is 0 Å². The molecule has 1 aliphatic carbocycles. The number of amidine groups is 1. The highest BCUT2D eigenvalue weighted by atomic mass is 19.1. The van der Waals surface area contributed by atoms with E-state index in [9.17, 15) is 14.3 Å². The van der Waals surface area contributed by atoms with Crippen LogP contribution in [0.25, 0.3) is 11.3 Å². The number of benzene rings is 2.